The molecule has 1 aromatic carbocycles. The van der Waals surface area contributed by atoms with Crippen LogP contribution >= 0.6 is 18.9 Å². The van der Waals surface area contributed by atoms with E-state index in [-0.39, 0.29) is 30.4 Å². The number of ether oxygens (including phenoxy) is 1. The topological polar surface area (TPSA) is 150 Å². The second-order valence-corrected chi connectivity index (χ2v) is 18.2. The quantitative estimate of drug-likeness (QED) is 0.150. The molecule has 6 rings (SSSR count). The average Bonchev–Trinajstić information content (AvgIpc) is 3.72. The lowest BCUT2D eigenvalue weighted by Gasteiger charge is -2.43. The Morgan fingerprint density at radius 3 is 2.59 bits per heavy atom. The molecule has 2 aromatic heterocycles. The molecule has 0 radical (unpaired) electrons. The van der Waals surface area contributed by atoms with Crippen molar-refractivity contribution in [3.8, 4) is 0 Å². The summed E-state index contributed by atoms with van der Waals surface area (Å²) in [5, 5.41) is 5.92. The van der Waals surface area contributed by atoms with Crippen molar-refractivity contribution in [3.63, 3.8) is 0 Å². The molecule has 3 aliphatic rings. The second kappa shape index (κ2) is 17.2. The van der Waals surface area contributed by atoms with Gasteiger partial charge < -0.3 is 29.3 Å². The number of amides is 3. The number of aromatic nitrogens is 1. The van der Waals surface area contributed by atoms with Gasteiger partial charge in [-0.1, -0.05) is 13.0 Å². The summed E-state index contributed by atoms with van der Waals surface area (Å²) in [5.41, 5.74) is 2.50. The van der Waals surface area contributed by atoms with Gasteiger partial charge in [-0.2, -0.15) is 13.2 Å². The Kier molecular flexibility index (Phi) is 12.8. The Morgan fingerprint density at radius 1 is 1.11 bits per heavy atom. The van der Waals surface area contributed by atoms with E-state index >= 15 is 0 Å². The molecule has 5 heterocycles. The van der Waals surface area contributed by atoms with Crippen molar-refractivity contribution in [1.82, 2.24) is 25.2 Å². The number of benzene rings is 1. The van der Waals surface area contributed by atoms with E-state index in [1.165, 1.54) is 18.3 Å². The molecule has 5 atom stereocenters. The fourth-order valence-electron chi connectivity index (χ4n) is 7.68. The maximum Gasteiger partial charge on any atom is 0.412 e. The number of esters is 1. The average molecular weight is 821 g/mol. The molecule has 0 saturated carbocycles. The first-order valence-electron chi connectivity index (χ1n) is 18.9. The van der Waals surface area contributed by atoms with Gasteiger partial charge in [0.15, 0.2) is 6.61 Å². The van der Waals surface area contributed by atoms with Crippen LogP contribution in [0.2, 0.25) is 0 Å². The van der Waals surface area contributed by atoms with E-state index < -0.39 is 56.5 Å². The summed E-state index contributed by atoms with van der Waals surface area (Å²) in [5.74, 6) is -1.43. The lowest BCUT2D eigenvalue weighted by Crippen LogP contribution is -2.58. The number of pyridine rings is 1. The first-order valence-corrected chi connectivity index (χ1v) is 21.5. The fraction of sp³-hybridized carbons (Fsp3) is 0.553. The molecule has 56 heavy (non-hydrogen) atoms. The van der Waals surface area contributed by atoms with Crippen LogP contribution < -0.4 is 15.3 Å². The number of carbonyl (C=O) groups is 4. The molecule has 0 bridgehead atoms. The number of rotatable bonds is 14. The van der Waals surface area contributed by atoms with Gasteiger partial charge >= 0.3 is 12.1 Å². The molecule has 3 aromatic rings. The van der Waals surface area contributed by atoms with E-state index in [1.54, 1.807) is 47.2 Å². The minimum absolute atomic E-state index is 0.0749. The monoisotopic (exact) mass is 820 g/mol. The Bertz CT molecular complexity index is 1990. The number of halogens is 3. The molecule has 13 nitrogen and oxygen atoms in total. The molecule has 3 saturated heterocycles. The van der Waals surface area contributed by atoms with Gasteiger partial charge in [-0.15, -0.1) is 11.3 Å². The van der Waals surface area contributed by atoms with Gasteiger partial charge in [0, 0.05) is 67.5 Å². The number of nitrogens with zero attached hydrogens (tertiary/aromatic N) is 4. The van der Waals surface area contributed by atoms with E-state index in [0.717, 1.165) is 24.1 Å². The Morgan fingerprint density at radius 2 is 1.88 bits per heavy atom. The van der Waals surface area contributed by atoms with Gasteiger partial charge in [0.1, 0.15) is 18.1 Å². The summed E-state index contributed by atoms with van der Waals surface area (Å²) in [4.78, 5) is 64.0. The van der Waals surface area contributed by atoms with Crippen LogP contribution in [-0.4, -0.2) is 109 Å². The molecule has 304 valence electrons. The number of thiophene rings is 1. The summed E-state index contributed by atoms with van der Waals surface area (Å²) >= 11 is 1.17. The van der Waals surface area contributed by atoms with E-state index in [4.69, 9.17) is 9.26 Å². The van der Waals surface area contributed by atoms with Crippen LogP contribution in [0.1, 0.15) is 79.1 Å². The predicted molar refractivity (Wildman–Crippen MR) is 206 cm³/mol. The highest BCUT2D eigenvalue weighted by Crippen LogP contribution is 2.48. The van der Waals surface area contributed by atoms with Crippen LogP contribution in [0.15, 0.2) is 42.7 Å². The number of nitrogens with one attached hydrogen (secondary N) is 2. The molecular formula is C38H48F3N6O7PS. The zero-order valence-corrected chi connectivity index (χ0v) is 33.6. The van der Waals surface area contributed by atoms with Crippen LogP contribution in [0, 0.1) is 0 Å². The normalized spacial score (nSPS) is 21.8. The summed E-state index contributed by atoms with van der Waals surface area (Å²) in [6, 6.07) is 5.71. The Balaban J connectivity index is 1.11. The lowest BCUT2D eigenvalue weighted by atomic mass is 9.90. The van der Waals surface area contributed by atoms with Crippen LogP contribution in [0.4, 0.5) is 18.9 Å². The number of anilines is 1. The largest absolute Gasteiger partial charge is 0.465 e. The van der Waals surface area contributed by atoms with Crippen LogP contribution in [0.25, 0.3) is 10.1 Å². The van der Waals surface area contributed by atoms with Crippen LogP contribution in [-0.2, 0) is 34.4 Å². The van der Waals surface area contributed by atoms with Crippen LogP contribution in [0.5, 0.6) is 0 Å². The van der Waals surface area contributed by atoms with E-state index in [2.05, 4.69) is 15.4 Å². The zero-order valence-electron chi connectivity index (χ0n) is 31.8. The maximum atomic E-state index is 14.1. The summed E-state index contributed by atoms with van der Waals surface area (Å²) in [6.07, 6.45) is 2.06. The number of carbonyl (C=O) groups excluding carboxylic acids is 4. The van der Waals surface area contributed by atoms with Crippen molar-refractivity contribution in [1.29, 1.82) is 0 Å². The zero-order chi connectivity index (χ0) is 40.4. The van der Waals surface area contributed by atoms with E-state index in [1.807, 2.05) is 31.3 Å². The number of alkyl halides is 3. The standard InChI is InChI=1S/C38H48F3N6O7PS/c1-5-15-53-37(51)23(2)44-55(52,54-22-38(39,40)41)21-24-9-12-32-25(16-24)17-33(56-32)34(48)43-29-8-6-7-27-10-11-31(47(27)35(29)49)36(50)46-19-26(20-46)28-18-42-14-13-30(28)45(3)4/h9,12-14,16-18,23,26-27,29,31H,5-8,10-11,15,19-22H2,1-4H3,(H,43,48)(H,44,52)/t23-,27-,29-,31-,55?/m0/s1. The predicted octanol–water partition coefficient (Wildman–Crippen LogP) is 5.83. The van der Waals surface area contributed by atoms with Crippen molar-refractivity contribution >= 4 is 58.3 Å². The number of fused-ring (bicyclic) bond motifs is 2. The van der Waals surface area contributed by atoms with E-state index in [0.29, 0.717) is 59.3 Å². The molecule has 0 aliphatic carbocycles. The molecule has 1 unspecified atom stereocenters. The van der Waals surface area contributed by atoms with Crippen molar-refractivity contribution < 1.29 is 46.2 Å². The van der Waals surface area contributed by atoms with Gasteiger partial charge in [0.2, 0.25) is 11.8 Å². The molecule has 3 aliphatic heterocycles. The third-order valence-corrected chi connectivity index (χ3v) is 13.7. The van der Waals surface area contributed by atoms with Crippen molar-refractivity contribution in [2.45, 2.75) is 94.8 Å². The summed E-state index contributed by atoms with van der Waals surface area (Å²) < 4.78 is 63.6. The maximum absolute atomic E-state index is 14.1. The Hall–Kier alpha value is -4.05. The molecule has 0 spiro atoms. The molecule has 18 heteroatoms. The highest BCUT2D eigenvalue weighted by atomic mass is 32.1. The van der Waals surface area contributed by atoms with Crippen molar-refractivity contribution in [2.75, 3.05) is 45.3 Å². The molecule has 2 N–H and O–H groups in total. The number of hydrogen-bond acceptors (Lipinski definition) is 10. The smallest absolute Gasteiger partial charge is 0.412 e. The van der Waals surface area contributed by atoms with Crippen molar-refractivity contribution in [3.05, 3.63) is 58.7 Å². The third-order valence-electron chi connectivity index (χ3n) is 10.4. The molecular weight excluding hydrogens is 772 g/mol. The SMILES string of the molecule is CCCOC(=O)[C@H](C)NP(=O)(Cc1ccc2sc(C(=O)N[C@H]3CCC[C@H]4CC[C@@H](C(=O)N5CC(c6cnccc6N(C)C)C5)N4C3=O)cc2c1)OCC(F)(F)F. The van der Waals surface area contributed by atoms with E-state index in [9.17, 15) is 36.9 Å². The summed E-state index contributed by atoms with van der Waals surface area (Å²) in [6.45, 7) is 2.53. The lowest BCUT2D eigenvalue weighted by molar-refractivity contribution is -0.153. The molecule has 3 fully saturated rings. The van der Waals surface area contributed by atoms with Gasteiger partial charge in [-0.3, -0.25) is 28.7 Å². The summed E-state index contributed by atoms with van der Waals surface area (Å²) in [7, 11) is -0.334. The first-order chi connectivity index (χ1) is 26.6. The van der Waals surface area contributed by atoms with Gasteiger partial charge in [-0.25, -0.2) is 5.09 Å². The van der Waals surface area contributed by atoms with Gasteiger partial charge in [-0.05, 0) is 80.7 Å². The first kappa shape index (κ1) is 41.6. The highest BCUT2D eigenvalue weighted by Gasteiger charge is 2.48. The molecule has 3 amide bonds. The number of hydrogen-bond donors (Lipinski definition) is 2. The highest BCUT2D eigenvalue weighted by molar-refractivity contribution is 7.56. The second-order valence-electron chi connectivity index (χ2n) is 14.9. The third kappa shape index (κ3) is 9.55. The van der Waals surface area contributed by atoms with Gasteiger partial charge in [0.05, 0.1) is 17.6 Å². The van der Waals surface area contributed by atoms with Crippen molar-refractivity contribution in [2.24, 2.45) is 0 Å². The fourth-order valence-corrected chi connectivity index (χ4v) is 10.6. The minimum atomic E-state index is -4.76. The number of likely N-dealkylation sites (tertiary alicyclic amines) is 1. The Labute approximate surface area is 327 Å². The van der Waals surface area contributed by atoms with Gasteiger partial charge in [0.25, 0.3) is 13.4 Å². The van der Waals surface area contributed by atoms with Crippen LogP contribution in [0.3, 0.4) is 0 Å². The minimum Gasteiger partial charge on any atom is -0.465 e.